The second-order valence-electron chi connectivity index (χ2n) is 10.2. The van der Waals surface area contributed by atoms with Crippen molar-refractivity contribution in [2.75, 3.05) is 7.11 Å². The number of nitrogens with one attached hydrogen (secondary N) is 1. The average Bonchev–Trinajstić information content (AvgIpc) is 2.91. The smallest absolute Gasteiger partial charge is 0.251 e. The molecule has 2 amide bonds. The van der Waals surface area contributed by atoms with Gasteiger partial charge in [-0.05, 0) is 66.2 Å². The Morgan fingerprint density at radius 2 is 1.95 bits per heavy atom. The number of hydrogen-bond donors (Lipinski definition) is 2. The van der Waals surface area contributed by atoms with Crippen LogP contribution in [0.5, 0.6) is 5.75 Å². The zero-order valence-corrected chi connectivity index (χ0v) is 21.1. The van der Waals surface area contributed by atoms with Gasteiger partial charge < -0.3 is 20.5 Å². The van der Waals surface area contributed by atoms with Gasteiger partial charge in [0.25, 0.3) is 5.91 Å². The topological polar surface area (TPSA) is 108 Å². The largest absolute Gasteiger partial charge is 0.458 e. The third-order valence-corrected chi connectivity index (χ3v) is 7.99. The summed E-state index contributed by atoms with van der Waals surface area (Å²) in [4.78, 5) is 37.5. The van der Waals surface area contributed by atoms with Gasteiger partial charge in [-0.3, -0.25) is 14.4 Å². The van der Waals surface area contributed by atoms with Crippen LogP contribution >= 0.6 is 0 Å². The number of rotatable bonds is 8. The lowest BCUT2D eigenvalue weighted by Gasteiger charge is -2.53. The maximum absolute atomic E-state index is 13.1. The van der Waals surface area contributed by atoms with Gasteiger partial charge in [0, 0.05) is 37.1 Å². The second kappa shape index (κ2) is 9.98. The minimum absolute atomic E-state index is 0.0571. The van der Waals surface area contributed by atoms with Crippen molar-refractivity contribution >= 4 is 17.6 Å². The minimum Gasteiger partial charge on any atom is -0.458 e. The van der Waals surface area contributed by atoms with E-state index in [2.05, 4.69) is 12.2 Å². The van der Waals surface area contributed by atoms with Gasteiger partial charge in [0.05, 0.1) is 5.92 Å². The summed E-state index contributed by atoms with van der Waals surface area (Å²) in [5.41, 5.74) is 8.48. The highest BCUT2D eigenvalue weighted by Crippen LogP contribution is 2.58. The number of primary amides is 1. The maximum Gasteiger partial charge on any atom is 0.251 e. The minimum atomic E-state index is -1.10. The normalized spacial score (nSPS) is 27.4. The van der Waals surface area contributed by atoms with Crippen LogP contribution in [0, 0.1) is 17.8 Å². The van der Waals surface area contributed by atoms with E-state index in [4.69, 9.17) is 15.2 Å². The van der Waals surface area contributed by atoms with Crippen molar-refractivity contribution in [1.29, 1.82) is 0 Å². The molecule has 3 aliphatic rings. The van der Waals surface area contributed by atoms with Gasteiger partial charge in [0.1, 0.15) is 5.75 Å². The lowest BCUT2D eigenvalue weighted by Crippen LogP contribution is -2.56. The summed E-state index contributed by atoms with van der Waals surface area (Å²) < 4.78 is 12.4. The maximum atomic E-state index is 13.1. The summed E-state index contributed by atoms with van der Waals surface area (Å²) in [5, 5.41) is 2.99. The Kier molecular flexibility index (Phi) is 6.73. The molecule has 0 saturated carbocycles. The molecule has 7 nitrogen and oxygen atoms in total. The number of carbonyl (C=O) groups excluding carboxylic acids is 3. The van der Waals surface area contributed by atoms with Crippen LogP contribution in [0.3, 0.4) is 0 Å². The molecule has 37 heavy (non-hydrogen) atoms. The Bertz CT molecular complexity index is 1280. The molecule has 0 aromatic heterocycles. The van der Waals surface area contributed by atoms with Crippen LogP contribution in [-0.2, 0) is 20.9 Å². The number of methoxy groups -OCH3 is 1. The molecule has 0 spiro atoms. The summed E-state index contributed by atoms with van der Waals surface area (Å²) in [7, 11) is 1.59. The summed E-state index contributed by atoms with van der Waals surface area (Å²) in [6.07, 6.45) is 6.97. The number of hydrogen-bond acceptors (Lipinski definition) is 5. The number of fused-ring (bicyclic) bond motifs is 2. The van der Waals surface area contributed by atoms with Crippen molar-refractivity contribution in [2.24, 2.45) is 23.5 Å². The Morgan fingerprint density at radius 3 is 2.68 bits per heavy atom. The molecule has 5 rings (SSSR count). The van der Waals surface area contributed by atoms with Gasteiger partial charge in [-0.2, -0.15) is 0 Å². The van der Waals surface area contributed by atoms with E-state index in [1.165, 1.54) is 6.08 Å². The van der Waals surface area contributed by atoms with Crippen molar-refractivity contribution in [3.8, 4) is 5.75 Å². The Morgan fingerprint density at radius 1 is 1.16 bits per heavy atom. The first kappa shape index (κ1) is 25.0. The molecule has 0 fully saturated rings. The molecule has 0 saturated heterocycles. The summed E-state index contributed by atoms with van der Waals surface area (Å²) >= 11 is 0. The van der Waals surface area contributed by atoms with Gasteiger partial charge in [0.2, 0.25) is 11.7 Å². The molecule has 2 aromatic carbocycles. The van der Waals surface area contributed by atoms with Gasteiger partial charge in [0.15, 0.2) is 5.78 Å². The molecular weight excluding hydrogens is 468 g/mol. The van der Waals surface area contributed by atoms with E-state index in [1.807, 2.05) is 48.5 Å². The standard InChI is InChI=1S/C30H32N2O5/c1-18-20(9-6-10-26(31)34)15-22-24(33)13-14-30(36-2)28(22)27(18)23-16-21(11-12-25(23)37-30)29(35)32-17-19-7-4-3-5-8-19/h3-5,7-8,11-16,18,20,27-28H,6,9-10,17H2,1-2H3,(H2,31,34)(H,32,35)/t18-,20?,27-,28-,30-/m1/s1. The van der Waals surface area contributed by atoms with Gasteiger partial charge in [-0.1, -0.05) is 43.3 Å². The number of benzene rings is 2. The van der Waals surface area contributed by atoms with Crippen LogP contribution in [0.1, 0.15) is 53.6 Å². The first-order valence-electron chi connectivity index (χ1n) is 12.8. The fraction of sp³-hybridized carbons (Fsp3) is 0.367. The van der Waals surface area contributed by atoms with E-state index in [-0.39, 0.29) is 41.3 Å². The number of ketones is 1. The van der Waals surface area contributed by atoms with Crippen LogP contribution in [0.25, 0.3) is 0 Å². The van der Waals surface area contributed by atoms with Crippen molar-refractivity contribution in [2.45, 2.75) is 44.4 Å². The Balaban J connectivity index is 1.50. The number of carbonyl (C=O) groups is 3. The number of nitrogens with two attached hydrogens (primary N) is 1. The number of amides is 2. The molecule has 2 aromatic rings. The molecule has 2 aliphatic carbocycles. The molecular formula is C30H32N2O5. The highest BCUT2D eigenvalue weighted by Gasteiger charge is 2.57. The van der Waals surface area contributed by atoms with E-state index >= 15 is 0 Å². The molecule has 1 unspecified atom stereocenters. The zero-order valence-electron chi connectivity index (χ0n) is 21.1. The van der Waals surface area contributed by atoms with Crippen molar-refractivity contribution in [3.05, 3.63) is 89.0 Å². The Hall–Kier alpha value is -3.71. The quantitative estimate of drug-likeness (QED) is 0.569. The fourth-order valence-corrected chi connectivity index (χ4v) is 6.09. The van der Waals surface area contributed by atoms with Crippen LogP contribution < -0.4 is 15.8 Å². The fourth-order valence-electron chi connectivity index (χ4n) is 6.09. The zero-order chi connectivity index (χ0) is 26.2. The van der Waals surface area contributed by atoms with E-state index in [1.54, 1.807) is 19.3 Å². The predicted octanol–water partition coefficient (Wildman–Crippen LogP) is 4.04. The summed E-state index contributed by atoms with van der Waals surface area (Å²) in [5.74, 6) is -1.28. The third kappa shape index (κ3) is 4.60. The van der Waals surface area contributed by atoms with Crippen molar-refractivity contribution in [3.63, 3.8) is 0 Å². The number of ether oxygens (including phenoxy) is 2. The molecule has 192 valence electrons. The first-order valence-corrected chi connectivity index (χ1v) is 12.8. The molecule has 1 heterocycles. The Labute approximate surface area is 216 Å². The number of allylic oxidation sites excluding steroid dienone is 2. The lowest BCUT2D eigenvalue weighted by atomic mass is 9.58. The van der Waals surface area contributed by atoms with Gasteiger partial charge in [-0.15, -0.1) is 0 Å². The van der Waals surface area contributed by atoms with Crippen LogP contribution in [0.15, 0.2) is 72.3 Å². The lowest BCUT2D eigenvalue weighted by molar-refractivity contribution is -0.179. The molecule has 5 atom stereocenters. The molecule has 0 radical (unpaired) electrons. The van der Waals surface area contributed by atoms with Gasteiger partial charge >= 0.3 is 0 Å². The van der Waals surface area contributed by atoms with Crippen LogP contribution in [0.4, 0.5) is 0 Å². The van der Waals surface area contributed by atoms with E-state index in [0.29, 0.717) is 36.3 Å². The summed E-state index contributed by atoms with van der Waals surface area (Å²) in [6.45, 7) is 2.59. The molecule has 3 N–H and O–H groups in total. The van der Waals surface area contributed by atoms with Gasteiger partial charge in [-0.25, -0.2) is 0 Å². The van der Waals surface area contributed by atoms with Crippen molar-refractivity contribution in [1.82, 2.24) is 5.32 Å². The third-order valence-electron chi connectivity index (χ3n) is 7.99. The van der Waals surface area contributed by atoms with Crippen LogP contribution in [-0.4, -0.2) is 30.5 Å². The monoisotopic (exact) mass is 500 g/mol. The molecule has 0 bridgehead atoms. The highest BCUT2D eigenvalue weighted by molar-refractivity contribution is 6.06. The van der Waals surface area contributed by atoms with E-state index < -0.39 is 5.79 Å². The average molecular weight is 501 g/mol. The van der Waals surface area contributed by atoms with Crippen molar-refractivity contribution < 1.29 is 23.9 Å². The second-order valence-corrected chi connectivity index (χ2v) is 10.2. The molecule has 1 aliphatic heterocycles. The summed E-state index contributed by atoms with van der Waals surface area (Å²) in [6, 6.07) is 15.2. The SMILES string of the molecule is CO[C@]12C=CC(=O)C3=CC(CCCC(N)=O)[C@@H](C)[C@H](c4cc(C(=O)NCc5ccccc5)ccc4O1)[C@@H]32. The predicted molar refractivity (Wildman–Crippen MR) is 139 cm³/mol. The van der Waals surface area contributed by atoms with E-state index in [0.717, 1.165) is 17.5 Å². The molecule has 7 heteroatoms. The van der Waals surface area contributed by atoms with Crippen LogP contribution in [0.2, 0.25) is 0 Å². The first-order chi connectivity index (χ1) is 17.8. The highest BCUT2D eigenvalue weighted by atomic mass is 16.7. The van der Waals surface area contributed by atoms with E-state index in [9.17, 15) is 14.4 Å².